The lowest BCUT2D eigenvalue weighted by molar-refractivity contribution is 0.475. The van der Waals surface area contributed by atoms with E-state index in [1.54, 1.807) is 18.3 Å². The van der Waals surface area contributed by atoms with Gasteiger partial charge in [0, 0.05) is 11.1 Å². The minimum Gasteiger partial charge on any atom is -0.508 e. The van der Waals surface area contributed by atoms with Gasteiger partial charge in [0.05, 0.1) is 17.4 Å². The smallest absolute Gasteiger partial charge is 0.115 e. The number of phenols is 1. The molecule has 0 aliphatic carbocycles. The van der Waals surface area contributed by atoms with Crippen molar-refractivity contribution in [3.8, 4) is 11.4 Å². The molecule has 0 aliphatic heterocycles. The predicted molar refractivity (Wildman–Crippen MR) is 67.1 cm³/mol. The highest BCUT2D eigenvalue weighted by Crippen LogP contribution is 2.21. The van der Waals surface area contributed by atoms with Crippen LogP contribution in [-0.4, -0.2) is 14.9 Å². The Labute approximate surface area is 97.9 Å². The molecule has 2 aromatic carbocycles. The van der Waals surface area contributed by atoms with Crippen LogP contribution in [0.4, 0.5) is 5.69 Å². The summed E-state index contributed by atoms with van der Waals surface area (Å²) in [5, 5.41) is 14.6. The zero-order valence-electron chi connectivity index (χ0n) is 9.04. The Hall–Kier alpha value is -2.49. The molecule has 0 bridgehead atoms. The first kappa shape index (κ1) is 9.72. The van der Waals surface area contributed by atoms with Crippen molar-refractivity contribution >= 4 is 16.6 Å². The molecule has 0 unspecified atom stereocenters. The number of fused-ring (bicyclic) bond motifs is 1. The van der Waals surface area contributed by atoms with E-state index in [1.165, 1.54) is 0 Å². The summed E-state index contributed by atoms with van der Waals surface area (Å²) in [5.41, 5.74) is 8.34. The topological polar surface area (TPSA) is 64.1 Å². The summed E-state index contributed by atoms with van der Waals surface area (Å²) < 4.78 is 1.81. The number of hydrogen-bond donors (Lipinski definition) is 2. The maximum absolute atomic E-state index is 9.26. The number of benzene rings is 2. The second-order valence-electron chi connectivity index (χ2n) is 3.89. The molecule has 3 aromatic rings. The van der Waals surface area contributed by atoms with Gasteiger partial charge in [0.15, 0.2) is 0 Å². The molecule has 3 rings (SSSR count). The third-order valence-corrected chi connectivity index (χ3v) is 2.69. The van der Waals surface area contributed by atoms with Gasteiger partial charge >= 0.3 is 0 Å². The second-order valence-corrected chi connectivity index (χ2v) is 3.89. The summed E-state index contributed by atoms with van der Waals surface area (Å²) >= 11 is 0. The molecule has 0 atom stereocenters. The lowest BCUT2D eigenvalue weighted by atomic mass is 10.2. The molecule has 0 saturated carbocycles. The number of aromatic hydroxyl groups is 1. The van der Waals surface area contributed by atoms with Gasteiger partial charge in [-0.3, -0.25) is 0 Å². The van der Waals surface area contributed by atoms with Crippen molar-refractivity contribution in [1.82, 2.24) is 9.78 Å². The largest absolute Gasteiger partial charge is 0.508 e. The molecule has 0 fully saturated rings. The molecule has 0 aliphatic rings. The van der Waals surface area contributed by atoms with Crippen LogP contribution in [0.3, 0.4) is 0 Å². The molecular formula is C13H11N3O. The van der Waals surface area contributed by atoms with Gasteiger partial charge in [-0.2, -0.15) is 5.10 Å². The summed E-state index contributed by atoms with van der Waals surface area (Å²) in [5.74, 6) is 0.245. The van der Waals surface area contributed by atoms with Gasteiger partial charge in [-0.05, 0) is 42.5 Å². The van der Waals surface area contributed by atoms with E-state index in [-0.39, 0.29) is 5.75 Å². The van der Waals surface area contributed by atoms with E-state index < -0.39 is 0 Å². The first-order valence-electron chi connectivity index (χ1n) is 5.27. The molecule has 4 nitrogen and oxygen atoms in total. The number of nitrogens with zero attached hydrogens (tertiary/aromatic N) is 2. The van der Waals surface area contributed by atoms with Crippen LogP contribution in [0.1, 0.15) is 0 Å². The van der Waals surface area contributed by atoms with Crippen LogP contribution < -0.4 is 5.73 Å². The van der Waals surface area contributed by atoms with E-state index in [1.807, 2.05) is 35.0 Å². The van der Waals surface area contributed by atoms with Gasteiger partial charge in [0.25, 0.3) is 0 Å². The van der Waals surface area contributed by atoms with Gasteiger partial charge in [-0.15, -0.1) is 0 Å². The van der Waals surface area contributed by atoms with Gasteiger partial charge in [0.1, 0.15) is 5.75 Å². The molecule has 3 N–H and O–H groups in total. The second kappa shape index (κ2) is 3.52. The molecule has 0 radical (unpaired) electrons. The molecule has 0 saturated heterocycles. The highest BCUT2D eigenvalue weighted by atomic mass is 16.3. The van der Waals surface area contributed by atoms with Crippen LogP contribution >= 0.6 is 0 Å². The lowest BCUT2D eigenvalue weighted by Crippen LogP contribution is -1.95. The average molecular weight is 225 g/mol. The molecule has 84 valence electrons. The summed E-state index contributed by atoms with van der Waals surface area (Å²) in [6.45, 7) is 0. The first-order chi connectivity index (χ1) is 8.24. The minimum atomic E-state index is 0.245. The fourth-order valence-corrected chi connectivity index (χ4v) is 1.85. The highest BCUT2D eigenvalue weighted by Gasteiger charge is 2.04. The normalized spacial score (nSPS) is 10.8. The van der Waals surface area contributed by atoms with Gasteiger partial charge < -0.3 is 10.8 Å². The van der Waals surface area contributed by atoms with Crippen molar-refractivity contribution in [3.63, 3.8) is 0 Å². The first-order valence-corrected chi connectivity index (χ1v) is 5.27. The Morgan fingerprint density at radius 1 is 1.06 bits per heavy atom. The lowest BCUT2D eigenvalue weighted by Gasteiger charge is -2.03. The maximum Gasteiger partial charge on any atom is 0.115 e. The third kappa shape index (κ3) is 1.59. The molecule has 1 heterocycles. The highest BCUT2D eigenvalue weighted by molar-refractivity contribution is 5.83. The monoisotopic (exact) mass is 225 g/mol. The molecule has 17 heavy (non-hydrogen) atoms. The van der Waals surface area contributed by atoms with Gasteiger partial charge in [-0.1, -0.05) is 0 Å². The number of hydrogen-bond acceptors (Lipinski definition) is 3. The minimum absolute atomic E-state index is 0.245. The Kier molecular flexibility index (Phi) is 2.01. The SMILES string of the molecule is Nc1ccc2c(cnn2-c2ccc(O)cc2)c1. The number of phenolic OH excluding ortho intramolecular Hbond substituents is 1. The molecule has 0 amide bonds. The van der Waals surface area contributed by atoms with Crippen LogP contribution in [0.2, 0.25) is 0 Å². The molecule has 4 heteroatoms. The number of aromatic nitrogens is 2. The Balaban J connectivity index is 2.21. The molecular weight excluding hydrogens is 214 g/mol. The van der Waals surface area contributed by atoms with Crippen LogP contribution in [-0.2, 0) is 0 Å². The van der Waals surface area contributed by atoms with E-state index in [0.717, 1.165) is 22.3 Å². The van der Waals surface area contributed by atoms with E-state index in [4.69, 9.17) is 5.73 Å². The van der Waals surface area contributed by atoms with E-state index in [2.05, 4.69) is 5.10 Å². The number of nitrogen functional groups attached to an aromatic ring is 1. The van der Waals surface area contributed by atoms with Crippen molar-refractivity contribution in [2.45, 2.75) is 0 Å². The van der Waals surface area contributed by atoms with Crippen molar-refractivity contribution in [2.75, 3.05) is 5.73 Å². The zero-order chi connectivity index (χ0) is 11.8. The predicted octanol–water partition coefficient (Wildman–Crippen LogP) is 2.31. The fourth-order valence-electron chi connectivity index (χ4n) is 1.85. The number of anilines is 1. The van der Waals surface area contributed by atoms with E-state index >= 15 is 0 Å². The van der Waals surface area contributed by atoms with Crippen LogP contribution in [0.25, 0.3) is 16.6 Å². The van der Waals surface area contributed by atoms with Crippen molar-refractivity contribution in [2.24, 2.45) is 0 Å². The summed E-state index contributed by atoms with van der Waals surface area (Å²) in [6.07, 6.45) is 1.78. The fraction of sp³-hybridized carbons (Fsp3) is 0. The number of rotatable bonds is 1. The summed E-state index contributed by atoms with van der Waals surface area (Å²) in [4.78, 5) is 0. The van der Waals surface area contributed by atoms with Crippen molar-refractivity contribution in [1.29, 1.82) is 0 Å². The van der Waals surface area contributed by atoms with Crippen molar-refractivity contribution in [3.05, 3.63) is 48.7 Å². The summed E-state index contributed by atoms with van der Waals surface area (Å²) in [6, 6.07) is 12.6. The standard InChI is InChI=1S/C13H11N3O/c14-10-1-6-13-9(7-10)8-15-16(13)11-2-4-12(17)5-3-11/h1-8,17H,14H2. The average Bonchev–Trinajstić information content (AvgIpc) is 2.73. The van der Waals surface area contributed by atoms with Crippen molar-refractivity contribution < 1.29 is 5.11 Å². The Morgan fingerprint density at radius 2 is 1.82 bits per heavy atom. The third-order valence-electron chi connectivity index (χ3n) is 2.69. The van der Waals surface area contributed by atoms with Crippen LogP contribution in [0.15, 0.2) is 48.7 Å². The van der Waals surface area contributed by atoms with Gasteiger partial charge in [0.2, 0.25) is 0 Å². The van der Waals surface area contributed by atoms with Crippen LogP contribution in [0, 0.1) is 0 Å². The van der Waals surface area contributed by atoms with Gasteiger partial charge in [-0.25, -0.2) is 4.68 Å². The van der Waals surface area contributed by atoms with E-state index in [9.17, 15) is 5.11 Å². The molecule has 0 spiro atoms. The zero-order valence-corrected chi connectivity index (χ0v) is 9.04. The Morgan fingerprint density at radius 3 is 2.59 bits per heavy atom. The van der Waals surface area contributed by atoms with E-state index in [0.29, 0.717) is 0 Å². The summed E-state index contributed by atoms with van der Waals surface area (Å²) in [7, 11) is 0. The number of nitrogens with two attached hydrogens (primary N) is 1. The molecule has 1 aromatic heterocycles. The Bertz CT molecular complexity index is 671. The maximum atomic E-state index is 9.26. The van der Waals surface area contributed by atoms with Crippen LogP contribution in [0.5, 0.6) is 5.75 Å². The quantitative estimate of drug-likeness (QED) is 0.624.